The molecule has 0 atom stereocenters. The number of hydrogen-bond acceptors (Lipinski definition) is 2. The van der Waals surface area contributed by atoms with E-state index in [4.69, 9.17) is 11.6 Å². The van der Waals surface area contributed by atoms with Gasteiger partial charge in [-0.15, -0.1) is 0 Å². The van der Waals surface area contributed by atoms with Crippen molar-refractivity contribution >= 4 is 22.6 Å². The van der Waals surface area contributed by atoms with Crippen molar-refractivity contribution < 1.29 is 0 Å². The van der Waals surface area contributed by atoms with Crippen molar-refractivity contribution in [3.05, 3.63) is 52.8 Å². The predicted molar refractivity (Wildman–Crippen MR) is 114 cm³/mol. The number of aryl methyl sites for hydroxylation is 1. The molecule has 4 heteroatoms. The van der Waals surface area contributed by atoms with Crippen LogP contribution in [0, 0.1) is 12.8 Å². The van der Waals surface area contributed by atoms with Crippen LogP contribution in [0.15, 0.2) is 36.7 Å². The van der Waals surface area contributed by atoms with Crippen LogP contribution < -0.4 is 5.32 Å². The lowest BCUT2D eigenvalue weighted by Gasteiger charge is -2.21. The van der Waals surface area contributed by atoms with Gasteiger partial charge in [-0.25, -0.2) is 4.98 Å². The van der Waals surface area contributed by atoms with Crippen LogP contribution in [0.3, 0.4) is 0 Å². The van der Waals surface area contributed by atoms with Gasteiger partial charge in [-0.2, -0.15) is 0 Å². The molecule has 142 valence electrons. The molecule has 1 heterocycles. The lowest BCUT2D eigenvalue weighted by atomic mass is 9.87. The van der Waals surface area contributed by atoms with Crippen molar-refractivity contribution in [3.63, 3.8) is 0 Å². The Balaban J connectivity index is 1.40. The molecule has 0 unspecified atom stereocenters. The average molecular weight is 382 g/mol. The minimum Gasteiger partial charge on any atom is -0.345 e. The Morgan fingerprint density at radius 2 is 2.00 bits per heavy atom. The van der Waals surface area contributed by atoms with Crippen LogP contribution in [-0.2, 0) is 6.54 Å². The van der Waals surface area contributed by atoms with Gasteiger partial charge in [0.05, 0.1) is 17.4 Å². The fourth-order valence-corrected chi connectivity index (χ4v) is 4.57. The van der Waals surface area contributed by atoms with E-state index >= 15 is 0 Å². The highest BCUT2D eigenvalue weighted by atomic mass is 35.5. The maximum Gasteiger partial charge on any atom is 0.0931 e. The summed E-state index contributed by atoms with van der Waals surface area (Å²) in [4.78, 5) is 7.60. The first kappa shape index (κ1) is 18.5. The first-order chi connectivity index (χ1) is 13.2. The summed E-state index contributed by atoms with van der Waals surface area (Å²) in [6, 6.07) is 10.6. The number of aromatic amines is 1. The van der Waals surface area contributed by atoms with Gasteiger partial charge in [-0.05, 0) is 60.2 Å². The molecule has 27 heavy (non-hydrogen) atoms. The third-order valence-electron chi connectivity index (χ3n) is 5.98. The standard InChI is InChI=1S/C23H28ClN3/c1-16-20(9-10-22-23(16)27-15-26-22)18-7-8-19(21(24)13-18)14-25-12-11-17-5-3-2-4-6-17/h7-10,13,15,17,25H,2-6,11-12,14H2,1H3,(H,26,27). The molecule has 0 saturated heterocycles. The Labute approximate surface area is 166 Å². The normalized spacial score (nSPS) is 15.5. The number of benzene rings is 2. The van der Waals surface area contributed by atoms with Crippen LogP contribution in [-0.4, -0.2) is 16.5 Å². The van der Waals surface area contributed by atoms with Crippen molar-refractivity contribution in [1.29, 1.82) is 0 Å². The van der Waals surface area contributed by atoms with Crippen LogP contribution in [0.5, 0.6) is 0 Å². The molecular formula is C23H28ClN3. The van der Waals surface area contributed by atoms with E-state index in [1.54, 1.807) is 6.33 Å². The van der Waals surface area contributed by atoms with E-state index in [1.807, 2.05) is 0 Å². The van der Waals surface area contributed by atoms with Crippen molar-refractivity contribution in [2.24, 2.45) is 5.92 Å². The van der Waals surface area contributed by atoms with Crippen LogP contribution in [0.1, 0.15) is 49.7 Å². The topological polar surface area (TPSA) is 40.7 Å². The van der Waals surface area contributed by atoms with Gasteiger partial charge >= 0.3 is 0 Å². The van der Waals surface area contributed by atoms with E-state index in [0.29, 0.717) is 0 Å². The van der Waals surface area contributed by atoms with E-state index < -0.39 is 0 Å². The average Bonchev–Trinajstić information content (AvgIpc) is 3.17. The van der Waals surface area contributed by atoms with Gasteiger partial charge in [0.2, 0.25) is 0 Å². The maximum atomic E-state index is 6.59. The third-order valence-corrected chi connectivity index (χ3v) is 6.33. The van der Waals surface area contributed by atoms with Crippen molar-refractivity contribution in [1.82, 2.24) is 15.3 Å². The molecule has 3 aromatic rings. The molecule has 2 aromatic carbocycles. The van der Waals surface area contributed by atoms with E-state index in [2.05, 4.69) is 52.5 Å². The zero-order valence-electron chi connectivity index (χ0n) is 16.0. The largest absolute Gasteiger partial charge is 0.345 e. The molecule has 1 fully saturated rings. The summed E-state index contributed by atoms with van der Waals surface area (Å²) in [5.41, 5.74) is 6.78. The number of fused-ring (bicyclic) bond motifs is 1. The molecule has 0 amide bonds. The van der Waals surface area contributed by atoms with E-state index in [-0.39, 0.29) is 0 Å². The number of H-pyrrole nitrogens is 1. The summed E-state index contributed by atoms with van der Waals surface area (Å²) < 4.78 is 0. The van der Waals surface area contributed by atoms with Crippen molar-refractivity contribution in [2.75, 3.05) is 6.54 Å². The Hall–Kier alpha value is -1.84. The smallest absolute Gasteiger partial charge is 0.0931 e. The number of nitrogens with zero attached hydrogens (tertiary/aromatic N) is 1. The highest BCUT2D eigenvalue weighted by Gasteiger charge is 2.13. The summed E-state index contributed by atoms with van der Waals surface area (Å²) in [6.07, 6.45) is 10.1. The first-order valence-corrected chi connectivity index (χ1v) is 10.5. The van der Waals surface area contributed by atoms with Gasteiger partial charge in [0, 0.05) is 11.6 Å². The quantitative estimate of drug-likeness (QED) is 0.495. The van der Waals surface area contributed by atoms with E-state index in [0.717, 1.165) is 40.6 Å². The Morgan fingerprint density at radius 1 is 1.15 bits per heavy atom. The summed E-state index contributed by atoms with van der Waals surface area (Å²) in [5.74, 6) is 0.920. The SMILES string of the molecule is Cc1c(-c2ccc(CNCCC3CCCCC3)c(Cl)c2)ccc2[nH]cnc12. The van der Waals surface area contributed by atoms with Crippen molar-refractivity contribution in [2.45, 2.75) is 52.0 Å². The molecule has 4 rings (SSSR count). The Kier molecular flexibility index (Phi) is 5.80. The molecule has 3 nitrogen and oxygen atoms in total. The molecule has 0 bridgehead atoms. The van der Waals surface area contributed by atoms with E-state index in [1.165, 1.54) is 55.2 Å². The minimum atomic E-state index is 0.833. The highest BCUT2D eigenvalue weighted by Crippen LogP contribution is 2.31. The van der Waals surface area contributed by atoms with Gasteiger partial charge in [0.15, 0.2) is 0 Å². The third kappa shape index (κ3) is 4.20. The first-order valence-electron chi connectivity index (χ1n) is 10.1. The van der Waals surface area contributed by atoms with Crippen LogP contribution in [0.4, 0.5) is 0 Å². The fourth-order valence-electron chi connectivity index (χ4n) is 4.33. The summed E-state index contributed by atoms with van der Waals surface area (Å²) in [6.45, 7) is 4.04. The number of nitrogens with one attached hydrogen (secondary N) is 2. The summed E-state index contributed by atoms with van der Waals surface area (Å²) in [7, 11) is 0. The van der Waals surface area contributed by atoms with Crippen LogP contribution in [0.2, 0.25) is 5.02 Å². The zero-order valence-corrected chi connectivity index (χ0v) is 16.8. The molecule has 0 radical (unpaired) electrons. The molecule has 2 N–H and O–H groups in total. The molecular weight excluding hydrogens is 354 g/mol. The van der Waals surface area contributed by atoms with E-state index in [9.17, 15) is 0 Å². The van der Waals surface area contributed by atoms with Gasteiger partial charge in [-0.3, -0.25) is 0 Å². The lowest BCUT2D eigenvalue weighted by molar-refractivity contribution is 0.334. The molecule has 0 aliphatic heterocycles. The molecule has 0 spiro atoms. The number of halogens is 1. The fraction of sp³-hybridized carbons (Fsp3) is 0.435. The molecule has 1 aromatic heterocycles. The van der Waals surface area contributed by atoms with Gasteiger partial charge in [0.1, 0.15) is 0 Å². The lowest BCUT2D eigenvalue weighted by Crippen LogP contribution is -2.19. The number of aromatic nitrogens is 2. The van der Waals surface area contributed by atoms with Crippen LogP contribution in [0.25, 0.3) is 22.2 Å². The second-order valence-electron chi connectivity index (χ2n) is 7.81. The predicted octanol–water partition coefficient (Wildman–Crippen LogP) is 6.25. The summed E-state index contributed by atoms with van der Waals surface area (Å²) >= 11 is 6.59. The van der Waals surface area contributed by atoms with Crippen molar-refractivity contribution in [3.8, 4) is 11.1 Å². The number of rotatable bonds is 6. The monoisotopic (exact) mass is 381 g/mol. The minimum absolute atomic E-state index is 0.833. The second-order valence-corrected chi connectivity index (χ2v) is 8.22. The summed E-state index contributed by atoms with van der Waals surface area (Å²) in [5, 5.41) is 4.42. The zero-order chi connectivity index (χ0) is 18.6. The maximum absolute atomic E-state index is 6.59. The van der Waals surface area contributed by atoms with Gasteiger partial charge in [-0.1, -0.05) is 61.9 Å². The molecule has 1 saturated carbocycles. The highest BCUT2D eigenvalue weighted by molar-refractivity contribution is 6.31. The number of imidazole rings is 1. The van der Waals surface area contributed by atoms with Crippen LogP contribution >= 0.6 is 11.6 Å². The van der Waals surface area contributed by atoms with Gasteiger partial charge in [0.25, 0.3) is 0 Å². The molecule has 1 aliphatic rings. The Bertz CT molecular complexity index is 909. The number of hydrogen-bond donors (Lipinski definition) is 2. The Morgan fingerprint density at radius 3 is 2.81 bits per heavy atom. The molecule has 1 aliphatic carbocycles. The second kappa shape index (κ2) is 8.45. The van der Waals surface area contributed by atoms with Gasteiger partial charge < -0.3 is 10.3 Å².